The van der Waals surface area contributed by atoms with Gasteiger partial charge in [0.1, 0.15) is 20.6 Å². The SMILES string of the molecule is COC(=O)c1sc2nc(C)nc(Sc3nc4nc(C)cc(C)n4n3)c2c1C. The summed E-state index contributed by atoms with van der Waals surface area (Å²) in [5.41, 5.74) is 2.65. The van der Waals surface area contributed by atoms with Crippen molar-refractivity contribution < 1.29 is 9.53 Å². The second-order valence-corrected chi connectivity index (χ2v) is 8.01. The van der Waals surface area contributed by atoms with Crippen LogP contribution >= 0.6 is 23.1 Å². The highest BCUT2D eigenvalue weighted by Gasteiger charge is 2.22. The summed E-state index contributed by atoms with van der Waals surface area (Å²) in [5.74, 6) is 0.802. The first-order chi connectivity index (χ1) is 12.9. The van der Waals surface area contributed by atoms with Crippen LogP contribution in [0, 0.1) is 27.7 Å². The van der Waals surface area contributed by atoms with Crippen molar-refractivity contribution in [3.8, 4) is 0 Å². The molecule has 27 heavy (non-hydrogen) atoms. The van der Waals surface area contributed by atoms with Crippen LogP contribution in [0.3, 0.4) is 0 Å². The first kappa shape index (κ1) is 17.8. The fourth-order valence-corrected chi connectivity index (χ4v) is 5.00. The molecule has 0 spiro atoms. The highest BCUT2D eigenvalue weighted by Crippen LogP contribution is 2.37. The molecule has 10 heteroatoms. The average Bonchev–Trinajstić information content (AvgIpc) is 3.15. The molecule has 4 heterocycles. The van der Waals surface area contributed by atoms with Crippen molar-refractivity contribution in [1.29, 1.82) is 0 Å². The second kappa shape index (κ2) is 6.54. The van der Waals surface area contributed by atoms with Crippen LogP contribution in [-0.4, -0.2) is 42.6 Å². The highest BCUT2D eigenvalue weighted by atomic mass is 32.2. The molecular weight excluding hydrogens is 384 g/mol. The Bertz CT molecular complexity index is 1210. The van der Waals surface area contributed by atoms with Gasteiger partial charge in [0, 0.05) is 16.8 Å². The maximum atomic E-state index is 12.0. The van der Waals surface area contributed by atoms with E-state index in [-0.39, 0.29) is 5.97 Å². The predicted octanol–water partition coefficient (Wildman–Crippen LogP) is 3.30. The molecule has 0 radical (unpaired) electrons. The van der Waals surface area contributed by atoms with E-state index in [1.165, 1.54) is 30.2 Å². The van der Waals surface area contributed by atoms with Crippen LogP contribution in [0.4, 0.5) is 0 Å². The highest BCUT2D eigenvalue weighted by molar-refractivity contribution is 7.99. The van der Waals surface area contributed by atoms with Gasteiger partial charge in [0.25, 0.3) is 5.78 Å². The molecule has 0 aliphatic carbocycles. The molecule has 0 atom stereocenters. The quantitative estimate of drug-likeness (QED) is 0.382. The Morgan fingerprint density at radius 2 is 1.93 bits per heavy atom. The van der Waals surface area contributed by atoms with Gasteiger partial charge < -0.3 is 4.74 Å². The molecule has 0 N–H and O–H groups in total. The van der Waals surface area contributed by atoms with Gasteiger partial charge in [0.15, 0.2) is 0 Å². The lowest BCUT2D eigenvalue weighted by Crippen LogP contribution is -1.99. The zero-order valence-corrected chi connectivity index (χ0v) is 17.0. The number of methoxy groups -OCH3 is 1. The zero-order chi connectivity index (χ0) is 19.3. The fraction of sp³-hybridized carbons (Fsp3) is 0.294. The van der Waals surface area contributed by atoms with Gasteiger partial charge in [-0.05, 0) is 51.1 Å². The van der Waals surface area contributed by atoms with Crippen LogP contribution in [0.25, 0.3) is 16.0 Å². The summed E-state index contributed by atoms with van der Waals surface area (Å²) >= 11 is 2.65. The van der Waals surface area contributed by atoms with Crippen molar-refractivity contribution in [1.82, 2.24) is 29.5 Å². The summed E-state index contributed by atoms with van der Waals surface area (Å²) in [6.45, 7) is 7.58. The topological polar surface area (TPSA) is 95.2 Å². The van der Waals surface area contributed by atoms with Crippen molar-refractivity contribution in [3.63, 3.8) is 0 Å². The van der Waals surface area contributed by atoms with Gasteiger partial charge in [-0.3, -0.25) is 0 Å². The maximum absolute atomic E-state index is 12.0. The smallest absolute Gasteiger partial charge is 0.348 e. The summed E-state index contributed by atoms with van der Waals surface area (Å²) < 4.78 is 6.59. The maximum Gasteiger partial charge on any atom is 0.348 e. The van der Waals surface area contributed by atoms with Crippen molar-refractivity contribution in [2.45, 2.75) is 37.9 Å². The number of thiophene rings is 1. The molecule has 0 aliphatic heterocycles. The first-order valence-electron chi connectivity index (χ1n) is 8.12. The lowest BCUT2D eigenvalue weighted by atomic mass is 10.2. The number of aromatic nitrogens is 6. The van der Waals surface area contributed by atoms with Crippen LogP contribution in [0.5, 0.6) is 0 Å². The summed E-state index contributed by atoms with van der Waals surface area (Å²) in [7, 11) is 1.37. The lowest BCUT2D eigenvalue weighted by Gasteiger charge is -2.02. The Morgan fingerprint density at radius 1 is 1.15 bits per heavy atom. The molecule has 0 amide bonds. The third-order valence-electron chi connectivity index (χ3n) is 4.03. The molecule has 0 aliphatic rings. The molecule has 8 nitrogen and oxygen atoms in total. The minimum atomic E-state index is -0.370. The van der Waals surface area contributed by atoms with Gasteiger partial charge in [-0.15, -0.1) is 16.4 Å². The van der Waals surface area contributed by atoms with Crippen LogP contribution in [0.1, 0.15) is 32.4 Å². The normalized spacial score (nSPS) is 11.4. The molecule has 0 aromatic carbocycles. The number of esters is 1. The summed E-state index contributed by atoms with van der Waals surface area (Å²) in [5, 5.41) is 6.62. The Balaban J connectivity index is 1.85. The van der Waals surface area contributed by atoms with Crippen LogP contribution in [0.2, 0.25) is 0 Å². The van der Waals surface area contributed by atoms with E-state index in [9.17, 15) is 4.79 Å². The van der Waals surface area contributed by atoms with E-state index in [1.807, 2.05) is 33.8 Å². The number of carbonyl (C=O) groups excluding carboxylic acids is 1. The molecule has 138 valence electrons. The van der Waals surface area contributed by atoms with Gasteiger partial charge in [-0.2, -0.15) is 4.98 Å². The number of ether oxygens (including phenoxy) is 1. The number of nitrogens with zero attached hydrogens (tertiary/aromatic N) is 6. The monoisotopic (exact) mass is 400 g/mol. The van der Waals surface area contributed by atoms with Crippen LogP contribution < -0.4 is 0 Å². The fourth-order valence-electron chi connectivity index (χ4n) is 2.84. The summed E-state index contributed by atoms with van der Waals surface area (Å²) in [6.07, 6.45) is 0. The lowest BCUT2D eigenvalue weighted by molar-refractivity contribution is 0.0605. The van der Waals surface area contributed by atoms with E-state index in [0.29, 0.717) is 26.7 Å². The standard InChI is InChI=1S/C17H16N6O2S2/c1-7-6-8(2)23-16(18-7)21-17(22-23)27-14-11-9(3)12(15(24)25-5)26-13(11)19-10(4)20-14/h6H,1-5H3. The van der Waals surface area contributed by atoms with Crippen molar-refractivity contribution in [2.75, 3.05) is 7.11 Å². The van der Waals surface area contributed by atoms with E-state index in [1.54, 1.807) is 4.52 Å². The van der Waals surface area contributed by atoms with Gasteiger partial charge in [0.05, 0.1) is 7.11 Å². The largest absolute Gasteiger partial charge is 0.465 e. The Hall–Kier alpha value is -2.59. The number of hydrogen-bond donors (Lipinski definition) is 0. The minimum Gasteiger partial charge on any atom is -0.465 e. The molecule has 4 aromatic heterocycles. The number of aryl methyl sites for hydroxylation is 4. The molecule has 0 unspecified atom stereocenters. The molecular formula is C17H16N6O2S2. The molecule has 4 rings (SSSR count). The summed E-state index contributed by atoms with van der Waals surface area (Å²) in [6, 6.07) is 1.95. The van der Waals surface area contributed by atoms with Gasteiger partial charge in [-0.25, -0.2) is 24.3 Å². The first-order valence-corrected chi connectivity index (χ1v) is 9.75. The molecule has 4 aromatic rings. The minimum absolute atomic E-state index is 0.370. The predicted molar refractivity (Wildman–Crippen MR) is 103 cm³/mol. The number of fused-ring (bicyclic) bond motifs is 2. The molecule has 0 saturated heterocycles. The zero-order valence-electron chi connectivity index (χ0n) is 15.4. The molecule has 0 bridgehead atoms. The van der Waals surface area contributed by atoms with Crippen molar-refractivity contribution in [3.05, 3.63) is 33.7 Å². The van der Waals surface area contributed by atoms with Crippen molar-refractivity contribution >= 4 is 45.1 Å². The van der Waals surface area contributed by atoms with Crippen molar-refractivity contribution in [2.24, 2.45) is 0 Å². The van der Waals surface area contributed by atoms with E-state index in [4.69, 9.17) is 4.74 Å². The third-order valence-corrected chi connectivity index (χ3v) is 6.04. The Morgan fingerprint density at radius 3 is 2.67 bits per heavy atom. The average molecular weight is 400 g/mol. The molecule has 0 saturated carbocycles. The van der Waals surface area contributed by atoms with E-state index < -0.39 is 0 Å². The summed E-state index contributed by atoms with van der Waals surface area (Å²) in [4.78, 5) is 31.3. The third kappa shape index (κ3) is 3.04. The van der Waals surface area contributed by atoms with Crippen LogP contribution in [0.15, 0.2) is 16.2 Å². The second-order valence-electron chi connectivity index (χ2n) is 6.05. The Kier molecular flexibility index (Phi) is 4.31. The van der Waals surface area contributed by atoms with Gasteiger partial charge >= 0.3 is 5.97 Å². The van der Waals surface area contributed by atoms with Gasteiger partial charge in [0.2, 0.25) is 5.16 Å². The molecule has 0 fully saturated rings. The number of carbonyl (C=O) groups is 1. The van der Waals surface area contributed by atoms with E-state index in [2.05, 4.69) is 25.0 Å². The van der Waals surface area contributed by atoms with E-state index >= 15 is 0 Å². The van der Waals surface area contributed by atoms with Gasteiger partial charge in [-0.1, -0.05) is 0 Å². The Labute approximate surface area is 163 Å². The van der Waals surface area contributed by atoms with Crippen LogP contribution in [-0.2, 0) is 4.74 Å². The number of hydrogen-bond acceptors (Lipinski definition) is 9. The van der Waals surface area contributed by atoms with E-state index in [0.717, 1.165) is 27.2 Å². The number of rotatable bonds is 3.